The Kier molecular flexibility index (Phi) is 6.48. The summed E-state index contributed by atoms with van der Waals surface area (Å²) >= 11 is 6.82. The van der Waals surface area contributed by atoms with Crippen LogP contribution < -0.4 is 20.5 Å². The SMILES string of the molecule is COc1cccc(NC(=O)C[NH+](C)Cc2nc3c(Br)cc(Br)cc3c(=O)[nH]2)c1. The first kappa shape index (κ1) is 20.5. The van der Waals surface area contributed by atoms with E-state index < -0.39 is 0 Å². The average Bonchev–Trinajstić information content (AvgIpc) is 2.62. The van der Waals surface area contributed by atoms with Gasteiger partial charge in [0.2, 0.25) is 0 Å². The van der Waals surface area contributed by atoms with Crippen molar-refractivity contribution in [1.82, 2.24) is 9.97 Å². The van der Waals surface area contributed by atoms with Crippen LogP contribution in [-0.2, 0) is 11.3 Å². The lowest BCUT2D eigenvalue weighted by Gasteiger charge is -2.14. The van der Waals surface area contributed by atoms with Crippen LogP contribution in [0.4, 0.5) is 5.69 Å². The highest BCUT2D eigenvalue weighted by Crippen LogP contribution is 2.25. The highest BCUT2D eigenvalue weighted by Gasteiger charge is 2.15. The van der Waals surface area contributed by atoms with Gasteiger partial charge in [-0.15, -0.1) is 0 Å². The predicted octanol–water partition coefficient (Wildman–Crippen LogP) is 2.11. The molecule has 0 radical (unpaired) electrons. The van der Waals surface area contributed by atoms with E-state index in [0.717, 1.165) is 13.8 Å². The molecule has 146 valence electrons. The zero-order chi connectivity index (χ0) is 20.3. The number of methoxy groups -OCH3 is 1. The molecule has 3 aromatic rings. The number of likely N-dealkylation sites (N-methyl/N-ethyl adjacent to an activating group) is 1. The summed E-state index contributed by atoms with van der Waals surface area (Å²) in [5, 5.41) is 3.34. The van der Waals surface area contributed by atoms with Gasteiger partial charge in [-0.05, 0) is 40.2 Å². The van der Waals surface area contributed by atoms with Crippen LogP contribution in [0.5, 0.6) is 5.75 Å². The second kappa shape index (κ2) is 8.85. The fourth-order valence-corrected chi connectivity index (χ4v) is 4.14. The van der Waals surface area contributed by atoms with Gasteiger partial charge in [-0.3, -0.25) is 9.59 Å². The molecule has 1 amide bonds. The van der Waals surface area contributed by atoms with Crippen molar-refractivity contribution in [2.45, 2.75) is 6.54 Å². The number of carbonyl (C=O) groups is 1. The Balaban J connectivity index is 1.69. The highest BCUT2D eigenvalue weighted by molar-refractivity contribution is 9.11. The molecule has 1 heterocycles. The number of halogens is 2. The van der Waals surface area contributed by atoms with Crippen molar-refractivity contribution >= 4 is 54.4 Å². The number of nitrogens with zero attached hydrogens (tertiary/aromatic N) is 1. The maximum Gasteiger partial charge on any atom is 0.279 e. The van der Waals surface area contributed by atoms with Crippen molar-refractivity contribution in [3.8, 4) is 5.75 Å². The zero-order valence-electron chi connectivity index (χ0n) is 15.3. The Morgan fingerprint density at radius 2 is 2.07 bits per heavy atom. The van der Waals surface area contributed by atoms with Crippen LogP contribution in [0.25, 0.3) is 10.9 Å². The third-order valence-corrected chi connectivity index (χ3v) is 5.12. The van der Waals surface area contributed by atoms with Gasteiger partial charge in [0, 0.05) is 20.7 Å². The molecule has 28 heavy (non-hydrogen) atoms. The number of aromatic amines is 1. The van der Waals surface area contributed by atoms with Gasteiger partial charge in [-0.1, -0.05) is 22.0 Å². The number of fused-ring (bicyclic) bond motifs is 1. The lowest BCUT2D eigenvalue weighted by atomic mass is 10.2. The number of hydrogen-bond donors (Lipinski definition) is 3. The lowest BCUT2D eigenvalue weighted by molar-refractivity contribution is -0.885. The average molecular weight is 511 g/mol. The van der Waals surface area contributed by atoms with Gasteiger partial charge in [0.15, 0.2) is 12.4 Å². The van der Waals surface area contributed by atoms with Gasteiger partial charge >= 0.3 is 0 Å². The third kappa shape index (κ3) is 4.98. The van der Waals surface area contributed by atoms with Crippen LogP contribution in [0.15, 0.2) is 50.1 Å². The van der Waals surface area contributed by atoms with Gasteiger partial charge in [0.1, 0.15) is 12.3 Å². The van der Waals surface area contributed by atoms with Crippen LogP contribution in [0.2, 0.25) is 0 Å². The first-order valence-electron chi connectivity index (χ1n) is 8.49. The lowest BCUT2D eigenvalue weighted by Crippen LogP contribution is -3.08. The normalized spacial score (nSPS) is 12.0. The largest absolute Gasteiger partial charge is 0.497 e. The van der Waals surface area contributed by atoms with Crippen molar-refractivity contribution in [1.29, 1.82) is 0 Å². The smallest absolute Gasteiger partial charge is 0.279 e. The predicted molar refractivity (Wildman–Crippen MR) is 115 cm³/mol. The van der Waals surface area contributed by atoms with Gasteiger partial charge in [-0.25, -0.2) is 4.98 Å². The minimum atomic E-state index is -0.212. The fourth-order valence-electron chi connectivity index (χ4n) is 2.83. The first-order valence-corrected chi connectivity index (χ1v) is 10.1. The molecular formula is C19H19Br2N4O3+. The summed E-state index contributed by atoms with van der Waals surface area (Å²) in [5.41, 5.74) is 1.05. The van der Waals surface area contributed by atoms with Crippen molar-refractivity contribution in [3.05, 3.63) is 61.5 Å². The molecule has 0 aliphatic rings. The molecule has 0 spiro atoms. The Bertz CT molecular complexity index is 1080. The fraction of sp³-hybridized carbons (Fsp3) is 0.211. The Labute approximate surface area is 178 Å². The van der Waals surface area contributed by atoms with Gasteiger partial charge < -0.3 is 19.9 Å². The number of anilines is 1. The zero-order valence-corrected chi connectivity index (χ0v) is 18.5. The van der Waals surface area contributed by atoms with Crippen LogP contribution in [-0.4, -0.2) is 36.6 Å². The summed E-state index contributed by atoms with van der Waals surface area (Å²) in [6, 6.07) is 10.8. The number of ether oxygens (including phenoxy) is 1. The molecule has 7 nitrogen and oxygen atoms in total. The van der Waals surface area contributed by atoms with Crippen LogP contribution in [0.1, 0.15) is 5.82 Å². The molecule has 1 unspecified atom stereocenters. The quantitative estimate of drug-likeness (QED) is 0.474. The molecule has 1 aromatic heterocycles. The highest BCUT2D eigenvalue weighted by atomic mass is 79.9. The van der Waals surface area contributed by atoms with E-state index in [1.54, 1.807) is 25.3 Å². The standard InChI is InChI=1S/C19H18Br2N4O3/c1-25(10-17(26)22-12-4-3-5-13(8-12)28-2)9-16-23-18-14(19(27)24-16)6-11(20)7-15(18)21/h3-8H,9-10H2,1-2H3,(H,22,26)(H,23,24,27)/p+1. The van der Waals surface area contributed by atoms with E-state index in [9.17, 15) is 9.59 Å². The molecule has 3 rings (SSSR count). The summed E-state index contributed by atoms with van der Waals surface area (Å²) in [4.78, 5) is 32.9. The minimum Gasteiger partial charge on any atom is -0.497 e. The molecule has 0 aliphatic carbocycles. The molecule has 9 heteroatoms. The summed E-state index contributed by atoms with van der Waals surface area (Å²) in [5.74, 6) is 1.06. The van der Waals surface area contributed by atoms with Crippen LogP contribution in [0, 0.1) is 0 Å². The molecule has 3 N–H and O–H groups in total. The first-order chi connectivity index (χ1) is 13.4. The summed E-state index contributed by atoms with van der Waals surface area (Å²) in [7, 11) is 3.44. The summed E-state index contributed by atoms with van der Waals surface area (Å²) in [6.45, 7) is 0.625. The van der Waals surface area contributed by atoms with E-state index in [2.05, 4.69) is 47.1 Å². The molecule has 2 aromatic carbocycles. The van der Waals surface area contributed by atoms with E-state index in [4.69, 9.17) is 4.74 Å². The van der Waals surface area contributed by atoms with E-state index in [1.165, 1.54) is 0 Å². The molecule has 0 bridgehead atoms. The van der Waals surface area contributed by atoms with E-state index in [0.29, 0.717) is 34.7 Å². The van der Waals surface area contributed by atoms with Crippen molar-refractivity contribution in [2.75, 3.05) is 26.0 Å². The molecule has 1 atom stereocenters. The monoisotopic (exact) mass is 509 g/mol. The Morgan fingerprint density at radius 3 is 2.82 bits per heavy atom. The number of H-pyrrole nitrogens is 1. The number of benzene rings is 2. The van der Waals surface area contributed by atoms with Crippen molar-refractivity contribution < 1.29 is 14.4 Å². The van der Waals surface area contributed by atoms with E-state index in [-0.39, 0.29) is 18.0 Å². The van der Waals surface area contributed by atoms with E-state index >= 15 is 0 Å². The second-order valence-electron chi connectivity index (χ2n) is 6.39. The topological polar surface area (TPSA) is 88.5 Å². The molecule has 0 fully saturated rings. The second-order valence-corrected chi connectivity index (χ2v) is 8.16. The maximum atomic E-state index is 12.4. The molecule has 0 saturated heterocycles. The number of rotatable bonds is 6. The Hall–Kier alpha value is -2.23. The van der Waals surface area contributed by atoms with Crippen LogP contribution in [0.3, 0.4) is 0 Å². The van der Waals surface area contributed by atoms with Gasteiger partial charge in [0.05, 0.1) is 25.1 Å². The number of quaternary nitrogens is 1. The Morgan fingerprint density at radius 1 is 1.29 bits per heavy atom. The number of hydrogen-bond acceptors (Lipinski definition) is 4. The van der Waals surface area contributed by atoms with Crippen LogP contribution >= 0.6 is 31.9 Å². The van der Waals surface area contributed by atoms with Gasteiger partial charge in [0.25, 0.3) is 11.5 Å². The number of nitrogens with one attached hydrogen (secondary N) is 3. The van der Waals surface area contributed by atoms with E-state index in [1.807, 2.05) is 25.2 Å². The molecular weight excluding hydrogens is 492 g/mol. The number of amides is 1. The minimum absolute atomic E-state index is 0.140. The summed E-state index contributed by atoms with van der Waals surface area (Å²) < 4.78 is 6.68. The molecule has 0 aliphatic heterocycles. The van der Waals surface area contributed by atoms with Crippen molar-refractivity contribution in [3.63, 3.8) is 0 Å². The van der Waals surface area contributed by atoms with Crippen molar-refractivity contribution in [2.24, 2.45) is 0 Å². The number of aromatic nitrogens is 2. The third-order valence-electron chi connectivity index (χ3n) is 4.06. The summed E-state index contributed by atoms with van der Waals surface area (Å²) in [6.07, 6.45) is 0. The molecule has 0 saturated carbocycles. The number of carbonyl (C=O) groups excluding carboxylic acids is 1. The van der Waals surface area contributed by atoms with Gasteiger partial charge in [-0.2, -0.15) is 0 Å². The maximum absolute atomic E-state index is 12.4.